The van der Waals surface area contributed by atoms with Gasteiger partial charge in [0.25, 0.3) is 0 Å². The zero-order valence-corrected chi connectivity index (χ0v) is 16.0. The Hall–Kier alpha value is -2.29. The highest BCUT2D eigenvalue weighted by atomic mass is 35.5. The number of nitrogens with zero attached hydrogens (tertiary/aromatic N) is 2. The molecule has 3 aromatic rings. The number of hydrogen-bond donors (Lipinski definition) is 1. The number of benzene rings is 2. The van der Waals surface area contributed by atoms with Crippen LogP contribution in [0.3, 0.4) is 0 Å². The summed E-state index contributed by atoms with van der Waals surface area (Å²) in [6.45, 7) is 0.146. The fourth-order valence-electron chi connectivity index (χ4n) is 1.94. The summed E-state index contributed by atoms with van der Waals surface area (Å²) in [5, 5.41) is 7.22. The van der Waals surface area contributed by atoms with Crippen LogP contribution in [0.2, 0.25) is 5.02 Å². The van der Waals surface area contributed by atoms with Crippen LogP contribution >= 0.6 is 34.9 Å². The molecule has 0 bridgehead atoms. The van der Waals surface area contributed by atoms with Gasteiger partial charge in [-0.25, -0.2) is 4.79 Å². The first kappa shape index (κ1) is 18.5. The molecule has 1 aromatic heterocycles. The van der Waals surface area contributed by atoms with Crippen LogP contribution < -0.4 is 10.1 Å². The Labute approximate surface area is 163 Å². The number of nitrogens with one attached hydrogen (secondary N) is 1. The van der Waals surface area contributed by atoms with Crippen molar-refractivity contribution in [3.05, 3.63) is 59.1 Å². The highest BCUT2D eigenvalue weighted by molar-refractivity contribution is 8.01. The van der Waals surface area contributed by atoms with Crippen molar-refractivity contribution in [1.29, 1.82) is 0 Å². The fraction of sp³-hybridized carbons (Fsp3) is 0.118. The van der Waals surface area contributed by atoms with E-state index in [0.717, 1.165) is 20.4 Å². The van der Waals surface area contributed by atoms with E-state index >= 15 is 0 Å². The van der Waals surface area contributed by atoms with Gasteiger partial charge in [0.1, 0.15) is 16.6 Å². The predicted molar refractivity (Wildman–Crippen MR) is 102 cm³/mol. The second-order valence-corrected chi connectivity index (χ2v) is 7.55. The highest BCUT2D eigenvalue weighted by Gasteiger charge is 2.14. The number of aromatic nitrogens is 2. The molecule has 1 heterocycles. The zero-order chi connectivity index (χ0) is 18.4. The molecule has 0 radical (unpaired) electrons. The van der Waals surface area contributed by atoms with Crippen LogP contribution in [0.15, 0.2) is 57.6 Å². The minimum absolute atomic E-state index is 0.146. The molecular formula is C17H14ClN3O3S2. The van der Waals surface area contributed by atoms with E-state index in [1.165, 1.54) is 23.3 Å². The Bertz CT molecular complexity index is 870. The quantitative estimate of drug-likeness (QED) is 0.612. The predicted octanol–water partition coefficient (Wildman–Crippen LogP) is 5.10. The molecule has 0 aliphatic carbocycles. The molecule has 26 heavy (non-hydrogen) atoms. The Morgan fingerprint density at radius 3 is 2.62 bits per heavy atom. The molecule has 9 heteroatoms. The maximum atomic E-state index is 12.0. The van der Waals surface area contributed by atoms with Gasteiger partial charge in [0, 0.05) is 9.92 Å². The lowest BCUT2D eigenvalue weighted by Crippen LogP contribution is -2.14. The lowest BCUT2D eigenvalue weighted by atomic mass is 10.2. The molecule has 0 spiro atoms. The number of carbonyl (C=O) groups excluding carboxylic acids is 1. The molecule has 0 fully saturated rings. The lowest BCUT2D eigenvalue weighted by Gasteiger charge is -2.07. The van der Waals surface area contributed by atoms with Gasteiger partial charge in [-0.05, 0) is 53.5 Å². The summed E-state index contributed by atoms with van der Waals surface area (Å²) < 4.78 is 14.9. The van der Waals surface area contributed by atoms with Crippen molar-refractivity contribution in [2.24, 2.45) is 0 Å². The Balaban J connectivity index is 1.56. The van der Waals surface area contributed by atoms with Crippen LogP contribution in [0.5, 0.6) is 5.75 Å². The minimum Gasteiger partial charge on any atom is -0.497 e. The SMILES string of the molecule is COc1ccc(COC(=O)Nc2nnsc2Sc2ccc(Cl)cc2)cc1. The third-order valence-electron chi connectivity index (χ3n) is 3.23. The Kier molecular flexibility index (Phi) is 6.32. The van der Waals surface area contributed by atoms with Crippen molar-refractivity contribution >= 4 is 46.8 Å². The average Bonchev–Trinajstić information content (AvgIpc) is 3.09. The van der Waals surface area contributed by atoms with E-state index in [1.54, 1.807) is 19.2 Å². The fourth-order valence-corrected chi connectivity index (χ4v) is 3.65. The number of rotatable bonds is 6. The first-order chi connectivity index (χ1) is 12.6. The second kappa shape index (κ2) is 8.88. The summed E-state index contributed by atoms with van der Waals surface area (Å²) in [6.07, 6.45) is -0.591. The van der Waals surface area contributed by atoms with Crippen molar-refractivity contribution in [2.75, 3.05) is 12.4 Å². The van der Waals surface area contributed by atoms with E-state index in [1.807, 2.05) is 36.4 Å². The smallest absolute Gasteiger partial charge is 0.413 e. The van der Waals surface area contributed by atoms with Crippen LogP contribution in [-0.4, -0.2) is 22.8 Å². The maximum absolute atomic E-state index is 12.0. The number of anilines is 1. The van der Waals surface area contributed by atoms with E-state index < -0.39 is 6.09 Å². The van der Waals surface area contributed by atoms with Crippen molar-refractivity contribution in [3.8, 4) is 5.75 Å². The molecule has 1 amide bonds. The summed E-state index contributed by atoms with van der Waals surface area (Å²) >= 11 is 8.52. The molecule has 134 valence electrons. The summed E-state index contributed by atoms with van der Waals surface area (Å²) in [6, 6.07) is 14.7. The summed E-state index contributed by atoms with van der Waals surface area (Å²) in [5.74, 6) is 1.12. The van der Waals surface area contributed by atoms with Gasteiger partial charge < -0.3 is 9.47 Å². The zero-order valence-electron chi connectivity index (χ0n) is 13.6. The monoisotopic (exact) mass is 407 g/mol. The van der Waals surface area contributed by atoms with Crippen LogP contribution in [0.25, 0.3) is 0 Å². The van der Waals surface area contributed by atoms with Crippen LogP contribution in [0.1, 0.15) is 5.56 Å². The van der Waals surface area contributed by atoms with E-state index in [2.05, 4.69) is 14.9 Å². The summed E-state index contributed by atoms with van der Waals surface area (Å²) in [7, 11) is 1.60. The van der Waals surface area contributed by atoms with Crippen LogP contribution in [0.4, 0.5) is 10.6 Å². The third kappa shape index (κ3) is 5.10. The summed E-state index contributed by atoms with van der Waals surface area (Å²) in [5.41, 5.74) is 0.855. The molecule has 6 nitrogen and oxygen atoms in total. The molecule has 0 atom stereocenters. The normalized spacial score (nSPS) is 10.4. The number of amides is 1. The highest BCUT2D eigenvalue weighted by Crippen LogP contribution is 2.35. The molecule has 3 rings (SSSR count). The Morgan fingerprint density at radius 1 is 1.19 bits per heavy atom. The lowest BCUT2D eigenvalue weighted by molar-refractivity contribution is 0.155. The number of hydrogen-bond acceptors (Lipinski definition) is 7. The van der Waals surface area contributed by atoms with E-state index in [9.17, 15) is 4.79 Å². The van der Waals surface area contributed by atoms with E-state index in [4.69, 9.17) is 21.1 Å². The van der Waals surface area contributed by atoms with Gasteiger partial charge in [-0.3, -0.25) is 5.32 Å². The average molecular weight is 408 g/mol. The largest absolute Gasteiger partial charge is 0.497 e. The van der Waals surface area contributed by atoms with Gasteiger partial charge in [0.05, 0.1) is 7.11 Å². The van der Waals surface area contributed by atoms with Gasteiger partial charge in [0.2, 0.25) is 0 Å². The van der Waals surface area contributed by atoms with Gasteiger partial charge >= 0.3 is 6.09 Å². The van der Waals surface area contributed by atoms with Crippen molar-refractivity contribution in [2.45, 2.75) is 15.7 Å². The van der Waals surface area contributed by atoms with E-state index in [0.29, 0.717) is 10.8 Å². The number of methoxy groups -OCH3 is 1. The first-order valence-corrected chi connectivity index (χ1v) is 9.43. The Morgan fingerprint density at radius 2 is 1.92 bits per heavy atom. The van der Waals surface area contributed by atoms with Crippen LogP contribution in [-0.2, 0) is 11.3 Å². The molecule has 0 saturated carbocycles. The van der Waals surface area contributed by atoms with Gasteiger partial charge in [0.15, 0.2) is 5.82 Å². The topological polar surface area (TPSA) is 73.3 Å². The van der Waals surface area contributed by atoms with Crippen molar-refractivity contribution < 1.29 is 14.3 Å². The number of carbonyl (C=O) groups is 1. The van der Waals surface area contributed by atoms with Crippen molar-refractivity contribution in [3.63, 3.8) is 0 Å². The van der Waals surface area contributed by atoms with Gasteiger partial charge in [-0.1, -0.05) is 40.0 Å². The molecule has 0 aliphatic heterocycles. The molecule has 0 unspecified atom stereocenters. The van der Waals surface area contributed by atoms with Gasteiger partial charge in [-0.2, -0.15) is 0 Å². The van der Waals surface area contributed by atoms with Crippen molar-refractivity contribution in [1.82, 2.24) is 9.59 Å². The first-order valence-electron chi connectivity index (χ1n) is 7.46. The standard InChI is InChI=1S/C17H14ClN3O3S2/c1-23-13-6-2-11(3-7-13)10-24-17(22)19-15-16(26-21-20-15)25-14-8-4-12(18)5-9-14/h2-9H,10H2,1H3,(H,19,22). The third-order valence-corrected chi connectivity index (χ3v) is 5.37. The molecule has 0 aliphatic rings. The molecule has 1 N–H and O–H groups in total. The van der Waals surface area contributed by atoms with E-state index in [-0.39, 0.29) is 6.61 Å². The number of ether oxygens (including phenoxy) is 2. The maximum Gasteiger partial charge on any atom is 0.413 e. The molecule has 0 saturated heterocycles. The summed E-state index contributed by atoms with van der Waals surface area (Å²) in [4.78, 5) is 13.0. The van der Waals surface area contributed by atoms with Gasteiger partial charge in [-0.15, -0.1) is 5.10 Å². The minimum atomic E-state index is -0.591. The number of halogens is 1. The molecule has 2 aromatic carbocycles. The molecular weight excluding hydrogens is 394 g/mol. The van der Waals surface area contributed by atoms with Crippen LogP contribution in [0, 0.1) is 0 Å². The second-order valence-electron chi connectivity index (χ2n) is 5.01.